The molecule has 25 heavy (non-hydrogen) atoms. The van der Waals surface area contributed by atoms with Crippen molar-refractivity contribution in [2.24, 2.45) is 0 Å². The van der Waals surface area contributed by atoms with Crippen molar-refractivity contribution in [2.75, 3.05) is 13.2 Å². The van der Waals surface area contributed by atoms with Crippen LogP contribution in [0.5, 0.6) is 0 Å². The molecule has 0 amide bonds. The summed E-state index contributed by atoms with van der Waals surface area (Å²) >= 11 is 9.46. The summed E-state index contributed by atoms with van der Waals surface area (Å²) in [6.45, 7) is 8.70. The van der Waals surface area contributed by atoms with Gasteiger partial charge in [0.15, 0.2) is 0 Å². The average Bonchev–Trinajstić information content (AvgIpc) is 2.54. The number of hydrogen-bond acceptors (Lipinski definition) is 6. The molecule has 0 saturated carbocycles. The molecular formula is C18H34O4S2Zn. The quantitative estimate of drug-likeness (QED) is 0.196. The largest absolute Gasteiger partial charge is 2.00 e. The summed E-state index contributed by atoms with van der Waals surface area (Å²) in [5, 5.41) is -0.813. The average molecular weight is 444 g/mol. The molecule has 0 heterocycles. The van der Waals surface area contributed by atoms with E-state index in [1.54, 1.807) is 13.8 Å². The van der Waals surface area contributed by atoms with Crippen molar-refractivity contribution >= 4 is 37.2 Å². The first kappa shape index (κ1) is 30.0. The molecule has 0 aliphatic carbocycles. The van der Waals surface area contributed by atoms with Crippen LogP contribution >= 0.6 is 0 Å². The number of ether oxygens (including phenoxy) is 2. The third kappa shape index (κ3) is 24.3. The van der Waals surface area contributed by atoms with Crippen molar-refractivity contribution in [3.05, 3.63) is 0 Å². The molecule has 0 aromatic carbocycles. The second-order valence-corrected chi connectivity index (χ2v) is 7.15. The molecule has 0 rings (SSSR count). The Hall–Kier alpha value is 0.263. The molecule has 0 aromatic heterocycles. The Morgan fingerprint density at radius 1 is 0.720 bits per heavy atom. The summed E-state index contributed by atoms with van der Waals surface area (Å²) in [4.78, 5) is 21.7. The molecule has 0 N–H and O–H groups in total. The molecule has 4 nitrogen and oxygen atoms in total. The SMILES string of the molecule is CCCCCCOC(=O)C(C)[S-].CCCCCCOC(=O)C(C)[S-].[Zn+2]. The normalized spacial score (nSPS) is 12.1. The van der Waals surface area contributed by atoms with E-state index >= 15 is 0 Å². The van der Waals surface area contributed by atoms with Crippen LogP contribution in [0.1, 0.15) is 79.1 Å². The molecule has 0 aliphatic rings. The van der Waals surface area contributed by atoms with Gasteiger partial charge in [-0.25, -0.2) is 0 Å². The molecule has 0 saturated heterocycles. The minimum Gasteiger partial charge on any atom is -0.778 e. The van der Waals surface area contributed by atoms with Gasteiger partial charge in [-0.3, -0.25) is 9.59 Å². The monoisotopic (exact) mass is 442 g/mol. The molecule has 7 heteroatoms. The zero-order valence-electron chi connectivity index (χ0n) is 16.4. The van der Waals surface area contributed by atoms with E-state index in [0.717, 1.165) is 25.7 Å². The summed E-state index contributed by atoms with van der Waals surface area (Å²) in [5.41, 5.74) is 0. The summed E-state index contributed by atoms with van der Waals surface area (Å²) in [6.07, 6.45) is 9.01. The fourth-order valence-corrected chi connectivity index (χ4v) is 1.77. The molecule has 0 spiro atoms. The molecule has 0 aliphatic heterocycles. The van der Waals surface area contributed by atoms with Crippen molar-refractivity contribution in [2.45, 2.75) is 89.6 Å². The Kier molecular flexibility index (Phi) is 26.8. The minimum atomic E-state index is -0.406. The summed E-state index contributed by atoms with van der Waals surface area (Å²) in [6, 6.07) is 0. The van der Waals surface area contributed by atoms with Crippen LogP contribution in [0.4, 0.5) is 0 Å². The van der Waals surface area contributed by atoms with E-state index in [4.69, 9.17) is 34.7 Å². The Balaban J connectivity index is -0.000000372. The van der Waals surface area contributed by atoms with E-state index < -0.39 is 10.5 Å². The molecule has 144 valence electrons. The van der Waals surface area contributed by atoms with Gasteiger partial charge < -0.3 is 34.7 Å². The van der Waals surface area contributed by atoms with Gasteiger partial charge in [-0.05, 0) is 12.8 Å². The van der Waals surface area contributed by atoms with Crippen LogP contribution in [0.25, 0.3) is 0 Å². The number of unbranched alkanes of at least 4 members (excludes halogenated alkanes) is 6. The number of esters is 2. The smallest absolute Gasteiger partial charge is 0.778 e. The summed E-state index contributed by atoms with van der Waals surface area (Å²) in [5.74, 6) is -0.525. The first-order valence-electron chi connectivity index (χ1n) is 9.01. The number of carbonyl (C=O) groups excluding carboxylic acids is 2. The second kappa shape index (κ2) is 22.3. The van der Waals surface area contributed by atoms with Crippen LogP contribution in [0, 0.1) is 0 Å². The predicted molar refractivity (Wildman–Crippen MR) is 104 cm³/mol. The van der Waals surface area contributed by atoms with Gasteiger partial charge in [0.25, 0.3) is 11.9 Å². The number of carbonyl (C=O) groups is 2. The predicted octanol–water partition coefficient (Wildman–Crippen LogP) is 4.09. The van der Waals surface area contributed by atoms with E-state index in [2.05, 4.69) is 13.8 Å². The third-order valence-electron chi connectivity index (χ3n) is 3.15. The third-order valence-corrected chi connectivity index (χ3v) is 3.53. The van der Waals surface area contributed by atoms with Gasteiger partial charge in [0.1, 0.15) is 0 Å². The van der Waals surface area contributed by atoms with E-state index in [1.807, 2.05) is 0 Å². The van der Waals surface area contributed by atoms with Gasteiger partial charge in [-0.2, -0.15) is 0 Å². The Bertz CT molecular complexity index is 283. The molecule has 2 atom stereocenters. The molecule has 0 fully saturated rings. The van der Waals surface area contributed by atoms with Crippen LogP contribution in [-0.4, -0.2) is 35.7 Å². The van der Waals surface area contributed by atoms with Gasteiger partial charge in [0, 0.05) is 0 Å². The van der Waals surface area contributed by atoms with Gasteiger partial charge >= 0.3 is 19.5 Å². The standard InChI is InChI=1S/2C9H18O2S.Zn/c2*1-3-4-5-6-7-11-9(10)8(2)12;/h2*8,12H,3-7H2,1-2H3;/q;;+2/p-2. The van der Waals surface area contributed by atoms with Crippen LogP contribution in [-0.2, 0) is 63.8 Å². The molecular weight excluding hydrogens is 410 g/mol. The van der Waals surface area contributed by atoms with Crippen LogP contribution < -0.4 is 0 Å². The van der Waals surface area contributed by atoms with Gasteiger partial charge in [0.2, 0.25) is 0 Å². The number of rotatable bonds is 12. The fraction of sp³-hybridized carbons (Fsp3) is 0.889. The van der Waals surface area contributed by atoms with E-state index in [1.165, 1.54) is 25.7 Å². The summed E-state index contributed by atoms with van der Waals surface area (Å²) < 4.78 is 9.81. The van der Waals surface area contributed by atoms with Crippen molar-refractivity contribution in [3.63, 3.8) is 0 Å². The van der Waals surface area contributed by atoms with Crippen LogP contribution in [0.2, 0.25) is 0 Å². The van der Waals surface area contributed by atoms with E-state index in [-0.39, 0.29) is 31.4 Å². The molecule has 2 unspecified atom stereocenters. The minimum absolute atomic E-state index is 0. The fourth-order valence-electron chi connectivity index (χ4n) is 1.64. The maximum absolute atomic E-state index is 10.8. The van der Waals surface area contributed by atoms with Crippen LogP contribution in [0.15, 0.2) is 0 Å². The first-order chi connectivity index (χ1) is 11.4. The topological polar surface area (TPSA) is 52.6 Å². The van der Waals surface area contributed by atoms with Crippen molar-refractivity contribution in [3.8, 4) is 0 Å². The molecule has 0 bridgehead atoms. The zero-order chi connectivity index (χ0) is 18.8. The molecule has 0 radical (unpaired) electrons. The van der Waals surface area contributed by atoms with Crippen LogP contribution in [0.3, 0.4) is 0 Å². The van der Waals surface area contributed by atoms with Gasteiger partial charge in [-0.1, -0.05) is 76.7 Å². The Labute approximate surface area is 178 Å². The Morgan fingerprint density at radius 3 is 1.28 bits per heavy atom. The van der Waals surface area contributed by atoms with Crippen molar-refractivity contribution in [1.29, 1.82) is 0 Å². The van der Waals surface area contributed by atoms with Gasteiger partial charge in [0.05, 0.1) is 13.2 Å². The second-order valence-electron chi connectivity index (χ2n) is 5.74. The zero-order valence-corrected chi connectivity index (χ0v) is 21.0. The van der Waals surface area contributed by atoms with Gasteiger partial charge in [-0.15, -0.1) is 0 Å². The Morgan fingerprint density at radius 2 is 1.04 bits per heavy atom. The van der Waals surface area contributed by atoms with Crippen molar-refractivity contribution in [1.82, 2.24) is 0 Å². The van der Waals surface area contributed by atoms with Crippen molar-refractivity contribution < 1.29 is 38.5 Å². The maximum atomic E-state index is 10.8. The maximum Gasteiger partial charge on any atom is 2.00 e. The van der Waals surface area contributed by atoms with E-state index in [0.29, 0.717) is 13.2 Å². The summed E-state index contributed by atoms with van der Waals surface area (Å²) in [7, 11) is 0. The molecule has 0 aromatic rings. The van der Waals surface area contributed by atoms with E-state index in [9.17, 15) is 9.59 Å². The first-order valence-corrected chi connectivity index (χ1v) is 9.95. The number of hydrogen-bond donors (Lipinski definition) is 0.